The zero-order valence-corrected chi connectivity index (χ0v) is 16.7. The van der Waals surface area contributed by atoms with Gasteiger partial charge in [-0.25, -0.2) is 0 Å². The summed E-state index contributed by atoms with van der Waals surface area (Å²) < 4.78 is 0. The highest BCUT2D eigenvalue weighted by atomic mass is 35.5. The van der Waals surface area contributed by atoms with Crippen LogP contribution in [0.15, 0.2) is 42.5 Å². The molecular formula is C19H19Cl3N2O2. The minimum Gasteiger partial charge on any atom is -0.357 e. The van der Waals surface area contributed by atoms with Gasteiger partial charge < -0.3 is 10.2 Å². The van der Waals surface area contributed by atoms with Crippen molar-refractivity contribution in [1.29, 1.82) is 0 Å². The summed E-state index contributed by atoms with van der Waals surface area (Å²) >= 11 is 18.5. The molecule has 2 aromatic rings. The van der Waals surface area contributed by atoms with Crippen LogP contribution >= 0.6 is 34.8 Å². The van der Waals surface area contributed by atoms with Gasteiger partial charge in [0.2, 0.25) is 11.8 Å². The average molecular weight is 414 g/mol. The predicted molar refractivity (Wildman–Crippen MR) is 106 cm³/mol. The number of nitrogens with zero attached hydrogens (tertiary/aromatic N) is 1. The van der Waals surface area contributed by atoms with Gasteiger partial charge in [0.15, 0.2) is 0 Å². The van der Waals surface area contributed by atoms with E-state index in [0.29, 0.717) is 20.6 Å². The Labute approximate surface area is 168 Å². The Balaban J connectivity index is 2.31. The van der Waals surface area contributed by atoms with Crippen molar-refractivity contribution in [2.24, 2.45) is 0 Å². The van der Waals surface area contributed by atoms with E-state index in [-0.39, 0.29) is 24.8 Å². The SMILES string of the molecule is CNC(=O)[C@@H](C)N(Cc1c(Cl)cccc1Cl)C(=O)Cc1cccc(Cl)c1. The number of benzene rings is 2. The summed E-state index contributed by atoms with van der Waals surface area (Å²) in [4.78, 5) is 26.5. The van der Waals surface area contributed by atoms with Crippen LogP contribution in [0.25, 0.3) is 0 Å². The summed E-state index contributed by atoms with van der Waals surface area (Å²) in [5.41, 5.74) is 1.37. The van der Waals surface area contributed by atoms with Gasteiger partial charge in [-0.3, -0.25) is 9.59 Å². The van der Waals surface area contributed by atoms with Crippen molar-refractivity contribution >= 4 is 46.6 Å². The van der Waals surface area contributed by atoms with Crippen molar-refractivity contribution in [3.63, 3.8) is 0 Å². The molecule has 0 aromatic heterocycles. The molecule has 7 heteroatoms. The predicted octanol–water partition coefficient (Wildman–Crippen LogP) is 4.35. The molecule has 0 saturated carbocycles. The first-order valence-corrected chi connectivity index (χ1v) is 9.15. The van der Waals surface area contributed by atoms with Gasteiger partial charge in [-0.15, -0.1) is 0 Å². The van der Waals surface area contributed by atoms with Crippen LogP contribution in [0.1, 0.15) is 18.1 Å². The quantitative estimate of drug-likeness (QED) is 0.765. The molecule has 0 bridgehead atoms. The van der Waals surface area contributed by atoms with Crippen molar-refractivity contribution in [3.8, 4) is 0 Å². The van der Waals surface area contributed by atoms with Gasteiger partial charge in [-0.1, -0.05) is 53.0 Å². The van der Waals surface area contributed by atoms with E-state index in [1.54, 1.807) is 43.3 Å². The molecule has 2 rings (SSSR count). The topological polar surface area (TPSA) is 49.4 Å². The highest BCUT2D eigenvalue weighted by Crippen LogP contribution is 2.27. The number of carbonyl (C=O) groups is 2. The maximum absolute atomic E-state index is 12.9. The molecule has 0 aliphatic heterocycles. The first kappa shape index (κ1) is 20.6. The first-order chi connectivity index (χ1) is 12.3. The smallest absolute Gasteiger partial charge is 0.242 e. The van der Waals surface area contributed by atoms with E-state index in [9.17, 15) is 9.59 Å². The van der Waals surface area contributed by atoms with Crippen LogP contribution in [0.3, 0.4) is 0 Å². The second-order valence-electron chi connectivity index (χ2n) is 5.82. The number of rotatable bonds is 6. The van der Waals surface area contributed by atoms with Crippen LogP contribution in [-0.2, 0) is 22.6 Å². The highest BCUT2D eigenvalue weighted by molar-refractivity contribution is 6.36. The first-order valence-electron chi connectivity index (χ1n) is 8.02. The molecule has 2 amide bonds. The van der Waals surface area contributed by atoms with Gasteiger partial charge in [0.25, 0.3) is 0 Å². The van der Waals surface area contributed by atoms with Crippen molar-refractivity contribution in [1.82, 2.24) is 10.2 Å². The number of hydrogen-bond donors (Lipinski definition) is 1. The average Bonchev–Trinajstić information content (AvgIpc) is 2.60. The second kappa shape index (κ2) is 9.26. The number of nitrogens with one attached hydrogen (secondary N) is 1. The lowest BCUT2D eigenvalue weighted by molar-refractivity contribution is -0.139. The number of likely N-dealkylation sites (N-methyl/N-ethyl adjacent to an activating group) is 1. The van der Waals surface area contributed by atoms with Crippen molar-refractivity contribution in [2.45, 2.75) is 25.9 Å². The van der Waals surface area contributed by atoms with Gasteiger partial charge in [0, 0.05) is 34.2 Å². The summed E-state index contributed by atoms with van der Waals surface area (Å²) in [6.45, 7) is 1.80. The Morgan fingerprint density at radius 1 is 1.08 bits per heavy atom. The molecule has 0 fully saturated rings. The monoisotopic (exact) mass is 412 g/mol. The van der Waals surface area contributed by atoms with Crippen LogP contribution in [0, 0.1) is 0 Å². The molecule has 0 radical (unpaired) electrons. The van der Waals surface area contributed by atoms with E-state index in [4.69, 9.17) is 34.8 Å². The Bertz CT molecular complexity index is 791. The van der Waals surface area contributed by atoms with E-state index < -0.39 is 6.04 Å². The molecule has 2 aromatic carbocycles. The van der Waals surface area contributed by atoms with Crippen LogP contribution in [-0.4, -0.2) is 29.8 Å². The summed E-state index contributed by atoms with van der Waals surface area (Å²) in [6.07, 6.45) is 0.115. The summed E-state index contributed by atoms with van der Waals surface area (Å²) in [7, 11) is 1.53. The van der Waals surface area contributed by atoms with Crippen LogP contribution in [0.5, 0.6) is 0 Å². The van der Waals surface area contributed by atoms with Crippen LogP contribution in [0.2, 0.25) is 15.1 Å². The molecule has 26 heavy (non-hydrogen) atoms. The summed E-state index contributed by atoms with van der Waals surface area (Å²) in [6, 6.07) is 11.5. The summed E-state index contributed by atoms with van der Waals surface area (Å²) in [5.74, 6) is -0.494. The van der Waals surface area contributed by atoms with Gasteiger partial charge in [-0.2, -0.15) is 0 Å². The number of carbonyl (C=O) groups excluding carboxylic acids is 2. The van der Waals surface area contributed by atoms with Crippen molar-refractivity contribution in [3.05, 3.63) is 68.7 Å². The van der Waals surface area contributed by atoms with Gasteiger partial charge in [0.05, 0.1) is 6.42 Å². The normalized spacial score (nSPS) is 11.7. The van der Waals surface area contributed by atoms with Gasteiger partial charge in [0.1, 0.15) is 6.04 Å². The van der Waals surface area contributed by atoms with Crippen molar-refractivity contribution in [2.75, 3.05) is 7.05 Å². The largest absolute Gasteiger partial charge is 0.357 e. The molecule has 0 unspecified atom stereocenters. The lowest BCUT2D eigenvalue weighted by Gasteiger charge is -2.29. The molecule has 0 spiro atoms. The van der Waals surface area contributed by atoms with E-state index in [0.717, 1.165) is 5.56 Å². The maximum Gasteiger partial charge on any atom is 0.242 e. The molecule has 4 nitrogen and oxygen atoms in total. The molecule has 1 atom stereocenters. The number of hydrogen-bond acceptors (Lipinski definition) is 2. The van der Waals surface area contributed by atoms with Gasteiger partial charge >= 0.3 is 0 Å². The fourth-order valence-electron chi connectivity index (χ4n) is 2.57. The standard InChI is InChI=1S/C19H19Cl3N2O2/c1-12(19(26)23-2)24(11-15-16(21)7-4-8-17(15)22)18(25)10-13-5-3-6-14(20)9-13/h3-9,12H,10-11H2,1-2H3,(H,23,26)/t12-/m1/s1. The Kier molecular flexibility index (Phi) is 7.33. The Morgan fingerprint density at radius 3 is 2.27 bits per heavy atom. The molecule has 0 aliphatic carbocycles. The van der Waals surface area contributed by atoms with Crippen LogP contribution < -0.4 is 5.32 Å². The molecule has 138 valence electrons. The van der Waals surface area contributed by atoms with E-state index in [2.05, 4.69) is 5.32 Å². The van der Waals surface area contributed by atoms with Gasteiger partial charge in [-0.05, 0) is 36.8 Å². The number of halogens is 3. The lowest BCUT2D eigenvalue weighted by Crippen LogP contribution is -2.47. The Hall–Kier alpha value is -1.75. The van der Waals surface area contributed by atoms with E-state index in [1.165, 1.54) is 11.9 Å². The third-order valence-electron chi connectivity index (χ3n) is 4.05. The maximum atomic E-state index is 12.9. The number of amides is 2. The third kappa shape index (κ3) is 5.13. The zero-order valence-electron chi connectivity index (χ0n) is 14.4. The van der Waals surface area contributed by atoms with Crippen molar-refractivity contribution < 1.29 is 9.59 Å². The molecule has 0 saturated heterocycles. The lowest BCUT2D eigenvalue weighted by atomic mass is 10.1. The molecule has 1 N–H and O–H groups in total. The Morgan fingerprint density at radius 2 is 1.69 bits per heavy atom. The molecule has 0 aliphatic rings. The second-order valence-corrected chi connectivity index (χ2v) is 7.07. The fraction of sp³-hybridized carbons (Fsp3) is 0.263. The highest BCUT2D eigenvalue weighted by Gasteiger charge is 2.26. The summed E-state index contributed by atoms with van der Waals surface area (Å²) in [5, 5.41) is 4.01. The third-order valence-corrected chi connectivity index (χ3v) is 4.99. The van der Waals surface area contributed by atoms with E-state index >= 15 is 0 Å². The zero-order chi connectivity index (χ0) is 19.3. The fourth-order valence-corrected chi connectivity index (χ4v) is 3.30. The van der Waals surface area contributed by atoms with Crippen LogP contribution in [0.4, 0.5) is 0 Å². The minimum atomic E-state index is -0.681. The minimum absolute atomic E-state index is 0.115. The van der Waals surface area contributed by atoms with E-state index in [1.807, 2.05) is 6.07 Å². The molecule has 0 heterocycles. The molecular weight excluding hydrogens is 395 g/mol.